The fourth-order valence-corrected chi connectivity index (χ4v) is 13.6. The van der Waals surface area contributed by atoms with Crippen molar-refractivity contribution in [2.45, 2.75) is 66.4 Å². The third kappa shape index (κ3) is 42.3. The van der Waals surface area contributed by atoms with Crippen molar-refractivity contribution in [1.29, 1.82) is 0 Å². The lowest BCUT2D eigenvalue weighted by Crippen LogP contribution is -2.39. The Kier molecular flexibility index (Phi) is 48.3. The van der Waals surface area contributed by atoms with Crippen molar-refractivity contribution in [3.63, 3.8) is 0 Å². The van der Waals surface area contributed by atoms with Gasteiger partial charge in [-0.3, -0.25) is 19.2 Å². The predicted molar refractivity (Wildman–Crippen MR) is 479 cm³/mol. The summed E-state index contributed by atoms with van der Waals surface area (Å²) in [5.74, 6) is -10.8. The minimum Gasteiger partial charge on any atom is -0.748 e. The van der Waals surface area contributed by atoms with Crippen LogP contribution in [0.15, 0.2) is 146 Å². The molecule has 6 aliphatic heterocycles. The number of nitrogens with one attached hydrogen (secondary N) is 2. The molecule has 0 saturated carbocycles. The zero-order chi connectivity index (χ0) is 96.2. The van der Waals surface area contributed by atoms with E-state index in [2.05, 4.69) is 35.6 Å². The van der Waals surface area contributed by atoms with Gasteiger partial charge >= 0.3 is 34.4 Å². The van der Waals surface area contributed by atoms with Crippen LogP contribution in [0.5, 0.6) is 23.0 Å². The molecule has 760 valence electrons. The lowest BCUT2D eigenvalue weighted by molar-refractivity contribution is -0.162. The number of benzene rings is 8. The maximum atomic E-state index is 13.0. The van der Waals surface area contributed by atoms with Crippen molar-refractivity contribution in [3.8, 4) is 23.0 Å². The zero-order valence-electron chi connectivity index (χ0n) is 75.0. The van der Waals surface area contributed by atoms with E-state index in [1.165, 1.54) is 5.56 Å². The number of carbonyl (C=O) groups is 6. The normalized spacial score (nSPS) is 16.8. The SMILES string of the molecule is O=C(CS(=O)(=O)[O-])NCCCOCC1CO1.O=C(CS(=O)(=O)[O-])NCCOCC1CO1.O=C(CS(=O)(=O)[O-])OCCCOc1ccc2cc(C3CO3)ccc2c1.O=C(CS(=O)(=O)[O-])OCOc1cccc2c(C3CO3)cccc12.O=C(OCCCOc1cccc2c(C3CO3)cccc12)C(F)(F)S(=O)(=O)[O-].O=C(OCCOc1cccc2c(C3CO3)cccc12)C(F)(F)S(=O)(=O)[O-].[CH3+].[CH3+].[CH3+].[CH3+].[CH3+].[CH3+]. The number of hydrogen-bond donors (Lipinski definition) is 2. The van der Waals surface area contributed by atoms with E-state index < -0.39 is 150 Å². The van der Waals surface area contributed by atoms with Crippen molar-refractivity contribution >= 4 is 139 Å². The average Bonchev–Trinajstić information content (AvgIpc) is 1.68. The molecule has 6 heterocycles. The smallest absolute Gasteiger partial charge is 0.428 e. The van der Waals surface area contributed by atoms with Gasteiger partial charge in [0.2, 0.25) is 18.6 Å². The minimum atomic E-state index is -6.14. The number of esters is 4. The summed E-state index contributed by atoms with van der Waals surface area (Å²) in [7, 11) is -30.5. The average molecular weight is 2070 g/mol. The molecule has 8 aromatic rings. The summed E-state index contributed by atoms with van der Waals surface area (Å²) < 4.78 is 318. The van der Waals surface area contributed by atoms with Gasteiger partial charge in [0.1, 0.15) is 136 Å². The molecule has 0 aromatic heterocycles. The van der Waals surface area contributed by atoms with E-state index in [9.17, 15) is 124 Å². The fraction of sp³-hybridized carbons (Fsp3) is 0.395. The standard InChI is InChI=1S/C17H16F2O7S.C17H18O7S.C16H14F2O7S.C15H14O7S.C8H15NO6S.C7H13NO6S.6CH3/c18-17(19,27(21,22)23)16(20)25-9-3-8-24-14-7-2-4-11-12(14)5-1-6-13(11)15-10-26-15;18-17(11-25(19,20)21)23-7-1-6-22-15-5-4-12-8-14(16-10-24-16)3-2-13(12)9-15;17-16(18,26(20,21)22)15(19)24-8-7-23-13-6-2-3-10-11(13)4-1-5-12(10)14-9-25-14;16-15(8-23(17,18)19)22-9-21-13-6-2-3-10-11(13)4-1-5-12(10)14-7-20-14;10-8(6-16(11,12)13)9-2-1-3-14-4-7-5-15-7;9-7(5-15(10,11)12)8-1-2-13-3-6-4-14-6;;;;;;/h1-2,4-7,15H,3,8-10H2,(H,21,22,23);2-5,8-9,16H,1,6-7,10-11H2,(H,19,20,21);1-6,14H,7-9H2,(H,20,21,22);1-6,14H,7-9H2,(H,17,18,19);7H,1-6H2,(H,9,10)(H,11,12,13);6H,1-5H2,(H,8,9)(H,10,11,12);6*1H3/q;;;;;;6*+1/p-6. The molecule has 6 aliphatic rings. The zero-order valence-corrected chi connectivity index (χ0v) is 79.9. The lowest BCUT2D eigenvalue weighted by atomic mass is 10.0. The van der Waals surface area contributed by atoms with Crippen LogP contribution in [0.1, 0.15) is 65.9 Å². The molecule has 52 heteroatoms. The number of amides is 2. The van der Waals surface area contributed by atoms with Gasteiger partial charge in [-0.05, 0) is 92.0 Å². The summed E-state index contributed by atoms with van der Waals surface area (Å²) >= 11 is 0. The van der Waals surface area contributed by atoms with E-state index >= 15 is 0 Å². The van der Waals surface area contributed by atoms with Crippen LogP contribution in [0.4, 0.5) is 17.6 Å². The highest BCUT2D eigenvalue weighted by molar-refractivity contribution is 7.88. The summed E-state index contributed by atoms with van der Waals surface area (Å²) in [6.45, 7) is 4.80. The second-order valence-electron chi connectivity index (χ2n) is 28.5. The van der Waals surface area contributed by atoms with E-state index in [1.54, 1.807) is 36.4 Å². The third-order valence-electron chi connectivity index (χ3n) is 18.0. The van der Waals surface area contributed by atoms with Crippen LogP contribution in [-0.2, 0) is 146 Å². The van der Waals surface area contributed by atoms with Gasteiger partial charge in [-0.15, -0.1) is 0 Å². The van der Waals surface area contributed by atoms with Gasteiger partial charge in [-0.25, -0.2) is 60.1 Å². The van der Waals surface area contributed by atoms with Crippen LogP contribution in [0.25, 0.3) is 43.1 Å². The number of fused-ring (bicyclic) bond motifs is 4. The molecule has 0 aliphatic carbocycles. The van der Waals surface area contributed by atoms with E-state index in [-0.39, 0.29) is 121 Å². The number of halogens is 4. The Balaban J connectivity index is 0.000000427. The topological polar surface area (TPSA) is 637 Å². The molecule has 2 N–H and O–H groups in total. The molecular weight excluding hydrogens is 1970 g/mol. The van der Waals surface area contributed by atoms with Crippen LogP contribution in [0.2, 0.25) is 0 Å². The highest BCUT2D eigenvalue weighted by Crippen LogP contribution is 2.41. The second-order valence-corrected chi connectivity index (χ2v) is 37.0. The van der Waals surface area contributed by atoms with Gasteiger partial charge in [-0.2, -0.15) is 17.6 Å². The number of epoxide rings is 6. The molecule has 2 amide bonds. The first kappa shape index (κ1) is 121. The van der Waals surface area contributed by atoms with E-state index in [0.717, 1.165) is 73.0 Å². The number of alkyl halides is 4. The van der Waals surface area contributed by atoms with Gasteiger partial charge in [0.05, 0.1) is 85.9 Å². The number of rotatable bonds is 44. The van der Waals surface area contributed by atoms with E-state index in [0.29, 0.717) is 95.2 Å². The Hall–Kier alpha value is -11.1. The molecule has 6 unspecified atom stereocenters. The fourth-order valence-electron chi connectivity index (χ4n) is 11.5. The summed E-state index contributed by atoms with van der Waals surface area (Å²) in [5.41, 5.74) is 4.28. The van der Waals surface area contributed by atoms with Crippen molar-refractivity contribution in [2.24, 2.45) is 0 Å². The lowest BCUT2D eigenvalue weighted by Gasteiger charge is -2.18. The summed E-state index contributed by atoms with van der Waals surface area (Å²) in [5, 5.41) is 1.78. The first-order valence-corrected chi connectivity index (χ1v) is 48.4. The van der Waals surface area contributed by atoms with Crippen LogP contribution in [0, 0.1) is 44.6 Å². The molecule has 8 aromatic carbocycles. The van der Waals surface area contributed by atoms with Crippen LogP contribution < -0.4 is 29.6 Å². The van der Waals surface area contributed by atoms with Gasteiger partial charge in [0, 0.05) is 93.3 Å². The van der Waals surface area contributed by atoms with Crippen molar-refractivity contribution in [1.82, 2.24) is 10.6 Å². The minimum absolute atomic E-state index is 0. The monoisotopic (exact) mass is 2070 g/mol. The van der Waals surface area contributed by atoms with Gasteiger partial charge < -0.3 is 114 Å². The molecule has 6 atom stereocenters. The quantitative estimate of drug-likeness (QED) is 0.00589. The van der Waals surface area contributed by atoms with Crippen molar-refractivity contribution in [2.75, 3.05) is 149 Å². The highest BCUT2D eigenvalue weighted by Gasteiger charge is 2.49. The van der Waals surface area contributed by atoms with Crippen molar-refractivity contribution in [3.05, 3.63) is 212 Å². The number of ether oxygens (including phenoxy) is 16. The molecule has 0 bridgehead atoms. The van der Waals surface area contributed by atoms with E-state index in [1.807, 2.05) is 103 Å². The summed E-state index contributed by atoms with van der Waals surface area (Å²) in [6.07, 6.45) is 1.77. The highest BCUT2D eigenvalue weighted by atomic mass is 32.2. The maximum absolute atomic E-state index is 13.0. The van der Waals surface area contributed by atoms with Crippen molar-refractivity contribution < 1.29 is 200 Å². The maximum Gasteiger partial charge on any atom is 0.428 e. The van der Waals surface area contributed by atoms with Crippen LogP contribution in [-0.4, -0.2) is 285 Å². The Morgan fingerprint density at radius 3 is 1.12 bits per heavy atom. The number of carbonyl (C=O) groups excluding carboxylic acids is 6. The molecule has 138 heavy (non-hydrogen) atoms. The van der Waals surface area contributed by atoms with Gasteiger partial charge in [0.25, 0.3) is 0 Å². The Morgan fingerprint density at radius 2 is 0.703 bits per heavy atom. The Bertz CT molecular complexity index is 6080. The first-order chi connectivity index (χ1) is 62.2. The summed E-state index contributed by atoms with van der Waals surface area (Å²) in [6, 6.07) is 45.1. The largest absolute Gasteiger partial charge is 0.748 e. The molecule has 6 fully saturated rings. The molecule has 42 nitrogen and oxygen atoms in total. The second kappa shape index (κ2) is 55.0. The first-order valence-electron chi connectivity index (χ1n) is 39.3. The van der Waals surface area contributed by atoms with Gasteiger partial charge in [0.15, 0.2) is 20.2 Å². The number of hydrogen-bond acceptors (Lipinski definition) is 40. The third-order valence-corrected chi connectivity index (χ3v) is 22.0. The predicted octanol–water partition coefficient (Wildman–Crippen LogP) is 6.65. The Morgan fingerprint density at radius 1 is 0.348 bits per heavy atom. The molecular formula is C86H102F4N2O40S6. The van der Waals surface area contributed by atoms with E-state index in [4.69, 9.17) is 56.8 Å². The molecule has 6 saturated heterocycles. The van der Waals surface area contributed by atoms with Gasteiger partial charge in [-0.1, -0.05) is 109 Å². The Labute approximate surface area is 795 Å². The molecule has 0 radical (unpaired) electrons. The van der Waals surface area contributed by atoms with Crippen LogP contribution in [0.3, 0.4) is 0 Å². The molecule has 14 rings (SSSR count). The van der Waals surface area contributed by atoms with Crippen LogP contribution >= 0.6 is 0 Å². The molecule has 0 spiro atoms. The summed E-state index contributed by atoms with van der Waals surface area (Å²) in [4.78, 5) is 66.0.